The Morgan fingerprint density at radius 3 is 2.06 bits per heavy atom. The van der Waals surface area contributed by atoms with Crippen LogP contribution in [0.25, 0.3) is 11.1 Å². The molecule has 0 saturated carbocycles. The van der Waals surface area contributed by atoms with E-state index in [9.17, 15) is 9.90 Å². The maximum Gasteiger partial charge on any atom is 0.253 e. The minimum Gasteiger partial charge on any atom is -0.392 e. The van der Waals surface area contributed by atoms with Gasteiger partial charge in [-0.3, -0.25) is 9.78 Å². The van der Waals surface area contributed by atoms with Gasteiger partial charge in [-0.1, -0.05) is 145 Å². The summed E-state index contributed by atoms with van der Waals surface area (Å²) in [6, 6.07) is 28.5. The average Bonchev–Trinajstić information content (AvgIpc) is 3.22. The first-order chi connectivity index (χ1) is 26.6. The molecule has 3 atom stereocenters. The molecule has 3 unspecified atom stereocenters. The summed E-state index contributed by atoms with van der Waals surface area (Å²) in [5.41, 5.74) is 6.76. The lowest BCUT2D eigenvalue weighted by atomic mass is 9.98. The predicted octanol–water partition coefficient (Wildman–Crippen LogP) is 10.7. The molecule has 2 heterocycles. The Hall–Kier alpha value is -3.88. The fourth-order valence-electron chi connectivity index (χ4n) is 7.32. The van der Waals surface area contributed by atoms with Crippen LogP contribution in [0.4, 0.5) is 0 Å². The fraction of sp³-hybridized carbons (Fsp3) is 0.489. The van der Waals surface area contributed by atoms with Crippen molar-refractivity contribution in [3.05, 3.63) is 125 Å². The molecule has 1 saturated heterocycles. The Kier molecular flexibility index (Phi) is 17.7. The molecular weight excluding hydrogens is 671 g/mol. The predicted molar refractivity (Wildman–Crippen MR) is 219 cm³/mol. The van der Waals surface area contributed by atoms with Crippen molar-refractivity contribution in [2.75, 3.05) is 19.6 Å². The minimum absolute atomic E-state index is 0.0291. The van der Waals surface area contributed by atoms with Crippen molar-refractivity contribution in [3.63, 3.8) is 0 Å². The largest absolute Gasteiger partial charge is 0.392 e. The lowest BCUT2D eigenvalue weighted by molar-refractivity contribution is -0.253. The van der Waals surface area contributed by atoms with Gasteiger partial charge in [0.1, 0.15) is 0 Å². The van der Waals surface area contributed by atoms with Gasteiger partial charge in [-0.25, -0.2) is 0 Å². The molecule has 0 spiro atoms. The highest BCUT2D eigenvalue weighted by Crippen LogP contribution is 2.39. The molecule has 1 aliphatic heterocycles. The van der Waals surface area contributed by atoms with Gasteiger partial charge in [0.05, 0.1) is 24.4 Å². The van der Waals surface area contributed by atoms with Gasteiger partial charge in [0.25, 0.3) is 5.91 Å². The molecule has 1 amide bonds. The van der Waals surface area contributed by atoms with E-state index in [0.29, 0.717) is 12.1 Å². The highest BCUT2D eigenvalue weighted by atomic mass is 16.7. The van der Waals surface area contributed by atoms with E-state index in [1.54, 1.807) is 24.5 Å². The normalized spacial score (nSPS) is 17.1. The molecule has 3 aromatic carbocycles. The van der Waals surface area contributed by atoms with Gasteiger partial charge in [-0.2, -0.15) is 0 Å². The number of pyridine rings is 1. The van der Waals surface area contributed by atoms with Crippen LogP contribution in [0.1, 0.15) is 142 Å². The molecule has 1 fully saturated rings. The fourth-order valence-corrected chi connectivity index (χ4v) is 7.32. The molecule has 0 radical (unpaired) electrons. The SMILES string of the molecule is CCCCCCCCN(CCCCCCCC)CC1CC(c2ccc(CO)cc2)OC(c2ccc(-c3cccc(CNC(=O)c4cccnc4)c3)cc2)O1. The van der Waals surface area contributed by atoms with Crippen LogP contribution in [-0.2, 0) is 22.6 Å². The van der Waals surface area contributed by atoms with E-state index in [0.717, 1.165) is 59.4 Å². The van der Waals surface area contributed by atoms with Gasteiger partial charge in [-0.05, 0) is 71.9 Å². The van der Waals surface area contributed by atoms with Crippen LogP contribution in [0.3, 0.4) is 0 Å². The molecule has 2 N–H and O–H groups in total. The molecule has 1 aliphatic rings. The Balaban J connectivity index is 1.27. The zero-order valence-corrected chi connectivity index (χ0v) is 32.8. The van der Waals surface area contributed by atoms with E-state index in [2.05, 4.69) is 77.6 Å². The number of benzene rings is 3. The van der Waals surface area contributed by atoms with Gasteiger partial charge in [0, 0.05) is 37.5 Å². The number of aliphatic hydroxyl groups excluding tert-OH is 1. The summed E-state index contributed by atoms with van der Waals surface area (Å²) >= 11 is 0. The second-order valence-electron chi connectivity index (χ2n) is 14.9. The topological polar surface area (TPSA) is 83.9 Å². The summed E-state index contributed by atoms with van der Waals surface area (Å²) in [6.07, 6.45) is 19.1. The van der Waals surface area contributed by atoms with E-state index >= 15 is 0 Å². The van der Waals surface area contributed by atoms with Crippen LogP contribution in [-0.4, -0.2) is 46.6 Å². The summed E-state index contributed by atoms with van der Waals surface area (Å²) < 4.78 is 13.5. The summed E-state index contributed by atoms with van der Waals surface area (Å²) in [4.78, 5) is 19.3. The van der Waals surface area contributed by atoms with Crippen LogP contribution in [0.15, 0.2) is 97.3 Å². The summed E-state index contributed by atoms with van der Waals surface area (Å²) in [6.45, 7) is 8.15. The van der Waals surface area contributed by atoms with Crippen molar-refractivity contribution < 1.29 is 19.4 Å². The van der Waals surface area contributed by atoms with Gasteiger partial charge in [-0.15, -0.1) is 0 Å². The first kappa shape index (κ1) is 41.3. The molecule has 7 nitrogen and oxygen atoms in total. The zero-order chi connectivity index (χ0) is 37.8. The highest BCUT2D eigenvalue weighted by molar-refractivity contribution is 5.93. The second-order valence-corrected chi connectivity index (χ2v) is 14.9. The average molecular weight is 734 g/mol. The number of nitrogens with one attached hydrogen (secondary N) is 1. The zero-order valence-electron chi connectivity index (χ0n) is 32.8. The number of amides is 1. The number of unbranched alkanes of at least 4 members (excludes halogenated alkanes) is 10. The maximum atomic E-state index is 12.6. The number of aromatic nitrogens is 1. The quantitative estimate of drug-likeness (QED) is 0.0739. The third kappa shape index (κ3) is 13.5. The van der Waals surface area contributed by atoms with Crippen LogP contribution in [0.5, 0.6) is 0 Å². The highest BCUT2D eigenvalue weighted by Gasteiger charge is 2.33. The Labute approximate surface area is 324 Å². The van der Waals surface area contributed by atoms with Crippen LogP contribution in [0.2, 0.25) is 0 Å². The van der Waals surface area contributed by atoms with Gasteiger partial charge < -0.3 is 24.8 Å². The number of carbonyl (C=O) groups is 1. The third-order valence-electron chi connectivity index (χ3n) is 10.6. The van der Waals surface area contributed by atoms with Crippen LogP contribution >= 0.6 is 0 Å². The summed E-state index contributed by atoms with van der Waals surface area (Å²) in [7, 11) is 0. The van der Waals surface area contributed by atoms with E-state index in [-0.39, 0.29) is 24.7 Å². The standard InChI is InChI=1S/C47H63N3O4/c1-3-5-7-9-11-13-29-50(30-14-12-10-8-6-4-2)35-44-32-45(40-22-20-37(36-51)21-23-40)54-47(53-44)41-26-24-39(25-27-41)42-18-15-17-38(31-42)33-49-46(52)43-19-16-28-48-34-43/h15-28,31,34,44-45,47,51H,3-14,29-30,32-33,35-36H2,1-2H3,(H,49,52). The molecule has 7 heteroatoms. The van der Waals surface area contributed by atoms with Crippen molar-refractivity contribution in [2.45, 2.75) is 129 Å². The number of aliphatic hydroxyl groups is 1. The maximum absolute atomic E-state index is 12.6. The lowest BCUT2D eigenvalue weighted by Crippen LogP contribution is -2.40. The van der Waals surface area contributed by atoms with Gasteiger partial charge in [0.2, 0.25) is 0 Å². The molecule has 290 valence electrons. The monoisotopic (exact) mass is 733 g/mol. The molecule has 1 aromatic heterocycles. The third-order valence-corrected chi connectivity index (χ3v) is 10.6. The van der Waals surface area contributed by atoms with E-state index in [1.165, 1.54) is 77.0 Å². The van der Waals surface area contributed by atoms with Gasteiger partial charge in [0.15, 0.2) is 6.29 Å². The van der Waals surface area contributed by atoms with Crippen molar-refractivity contribution >= 4 is 5.91 Å². The number of ether oxygens (including phenoxy) is 2. The van der Waals surface area contributed by atoms with E-state index < -0.39 is 6.29 Å². The first-order valence-electron chi connectivity index (χ1n) is 20.7. The second kappa shape index (κ2) is 23.1. The minimum atomic E-state index is -0.487. The van der Waals surface area contributed by atoms with Crippen LogP contribution < -0.4 is 5.32 Å². The lowest BCUT2D eigenvalue weighted by Gasteiger charge is -2.38. The number of carbonyl (C=O) groups excluding carboxylic acids is 1. The Morgan fingerprint density at radius 1 is 0.741 bits per heavy atom. The number of hydrogen-bond acceptors (Lipinski definition) is 6. The smallest absolute Gasteiger partial charge is 0.253 e. The number of nitrogens with zero attached hydrogens (tertiary/aromatic N) is 2. The molecule has 0 bridgehead atoms. The number of rotatable bonds is 23. The van der Waals surface area contributed by atoms with Crippen molar-refractivity contribution in [3.8, 4) is 11.1 Å². The molecule has 5 rings (SSSR count). The Bertz CT molecular complexity index is 1610. The molecule has 0 aliphatic carbocycles. The number of hydrogen-bond donors (Lipinski definition) is 2. The van der Waals surface area contributed by atoms with E-state index in [4.69, 9.17) is 9.47 Å². The summed E-state index contributed by atoms with van der Waals surface area (Å²) in [5.74, 6) is -0.140. The molecular formula is C47H63N3O4. The summed E-state index contributed by atoms with van der Waals surface area (Å²) in [5, 5.41) is 12.7. The van der Waals surface area contributed by atoms with Crippen LogP contribution in [0, 0.1) is 0 Å². The van der Waals surface area contributed by atoms with Gasteiger partial charge >= 0.3 is 0 Å². The molecule has 4 aromatic rings. The van der Waals surface area contributed by atoms with Crippen molar-refractivity contribution in [2.24, 2.45) is 0 Å². The first-order valence-corrected chi connectivity index (χ1v) is 20.7. The van der Waals surface area contributed by atoms with Crippen molar-refractivity contribution in [1.29, 1.82) is 0 Å². The Morgan fingerprint density at radius 2 is 1.41 bits per heavy atom. The van der Waals surface area contributed by atoms with E-state index in [1.807, 2.05) is 24.3 Å². The molecule has 54 heavy (non-hydrogen) atoms. The van der Waals surface area contributed by atoms with Crippen molar-refractivity contribution in [1.82, 2.24) is 15.2 Å².